The third-order valence-corrected chi connectivity index (χ3v) is 2.33. The fourth-order valence-electron chi connectivity index (χ4n) is 1.47. The molecule has 4 nitrogen and oxygen atoms in total. The minimum absolute atomic E-state index is 0.186. The summed E-state index contributed by atoms with van der Waals surface area (Å²) in [6.07, 6.45) is 0.783. The van der Waals surface area contributed by atoms with Gasteiger partial charge in [-0.2, -0.15) is 8.78 Å². The Morgan fingerprint density at radius 3 is 2.75 bits per heavy atom. The Labute approximate surface area is 114 Å². The normalized spacial score (nSPS) is 10.7. The van der Waals surface area contributed by atoms with E-state index < -0.39 is 18.2 Å². The maximum atomic E-state index is 13.4. The summed E-state index contributed by atoms with van der Waals surface area (Å²) in [5.41, 5.74) is 0.186. The molecule has 0 fully saturated rings. The highest BCUT2D eigenvalue weighted by atomic mass is 19.3. The van der Waals surface area contributed by atoms with Gasteiger partial charge in [0.2, 0.25) is 5.91 Å². The van der Waals surface area contributed by atoms with Crippen LogP contribution in [0.2, 0.25) is 0 Å². The number of amides is 1. The molecule has 1 N–H and O–H groups in total. The van der Waals surface area contributed by atoms with Gasteiger partial charge in [0.1, 0.15) is 0 Å². The van der Waals surface area contributed by atoms with Crippen LogP contribution in [-0.4, -0.2) is 25.7 Å². The third-order valence-electron chi connectivity index (χ3n) is 2.33. The molecule has 112 valence electrons. The molecule has 0 radical (unpaired) electrons. The van der Waals surface area contributed by atoms with E-state index in [1.54, 1.807) is 0 Å². The van der Waals surface area contributed by atoms with Gasteiger partial charge >= 0.3 is 6.61 Å². The molecular formula is C13H16F3NO3. The van der Waals surface area contributed by atoms with Gasteiger partial charge in [-0.25, -0.2) is 4.39 Å². The maximum Gasteiger partial charge on any atom is 0.387 e. The summed E-state index contributed by atoms with van der Waals surface area (Å²) in [7, 11) is 0. The highest BCUT2D eigenvalue weighted by Gasteiger charge is 2.11. The first-order valence-corrected chi connectivity index (χ1v) is 6.15. The molecule has 0 spiro atoms. The van der Waals surface area contributed by atoms with Crippen molar-refractivity contribution in [1.29, 1.82) is 0 Å². The average Bonchev–Trinajstić information content (AvgIpc) is 2.37. The summed E-state index contributed by atoms with van der Waals surface area (Å²) < 4.78 is 46.3. The summed E-state index contributed by atoms with van der Waals surface area (Å²) in [5.74, 6) is -1.82. The second-order valence-electron chi connectivity index (χ2n) is 3.87. The Morgan fingerprint density at radius 2 is 2.15 bits per heavy atom. The van der Waals surface area contributed by atoms with E-state index in [1.165, 1.54) is 6.07 Å². The number of hydrogen-bond donors (Lipinski definition) is 1. The van der Waals surface area contributed by atoms with Gasteiger partial charge in [0.15, 0.2) is 11.6 Å². The van der Waals surface area contributed by atoms with Gasteiger partial charge in [-0.3, -0.25) is 4.79 Å². The molecule has 1 rings (SSSR count). The van der Waals surface area contributed by atoms with Gasteiger partial charge in [-0.1, -0.05) is 0 Å². The smallest absolute Gasteiger partial charge is 0.387 e. The van der Waals surface area contributed by atoms with Crippen molar-refractivity contribution in [1.82, 2.24) is 0 Å². The molecule has 0 saturated carbocycles. The van der Waals surface area contributed by atoms with E-state index in [0.29, 0.717) is 19.6 Å². The number of benzene rings is 1. The zero-order valence-corrected chi connectivity index (χ0v) is 11.0. The number of carbonyl (C=O) groups is 1. The van der Waals surface area contributed by atoms with Crippen LogP contribution in [0.3, 0.4) is 0 Å². The Balaban J connectivity index is 2.48. The number of nitrogens with one attached hydrogen (secondary N) is 1. The lowest BCUT2D eigenvalue weighted by Crippen LogP contribution is -2.12. The molecule has 0 heterocycles. The first-order valence-electron chi connectivity index (χ1n) is 6.15. The van der Waals surface area contributed by atoms with Crippen LogP contribution in [0, 0.1) is 5.82 Å². The molecule has 0 aromatic heterocycles. The predicted molar refractivity (Wildman–Crippen MR) is 67.4 cm³/mol. The van der Waals surface area contributed by atoms with Crippen molar-refractivity contribution in [2.45, 2.75) is 26.4 Å². The number of anilines is 1. The van der Waals surface area contributed by atoms with Crippen molar-refractivity contribution in [3.8, 4) is 5.75 Å². The molecule has 0 saturated heterocycles. The summed E-state index contributed by atoms with van der Waals surface area (Å²) in [5, 5.41) is 2.46. The van der Waals surface area contributed by atoms with Crippen molar-refractivity contribution >= 4 is 11.6 Å². The van der Waals surface area contributed by atoms with Gasteiger partial charge in [-0.05, 0) is 25.5 Å². The minimum Gasteiger partial charge on any atom is -0.432 e. The van der Waals surface area contributed by atoms with E-state index in [9.17, 15) is 18.0 Å². The van der Waals surface area contributed by atoms with E-state index in [4.69, 9.17) is 4.74 Å². The lowest BCUT2D eigenvalue weighted by Gasteiger charge is -2.09. The Morgan fingerprint density at radius 1 is 1.40 bits per heavy atom. The van der Waals surface area contributed by atoms with Crippen LogP contribution in [0.5, 0.6) is 5.75 Å². The topological polar surface area (TPSA) is 47.6 Å². The van der Waals surface area contributed by atoms with Crippen LogP contribution >= 0.6 is 0 Å². The van der Waals surface area contributed by atoms with Crippen LogP contribution < -0.4 is 10.1 Å². The number of halogens is 3. The standard InChI is InChI=1S/C13H16F3NO3/c1-2-19-7-3-4-12(18)17-9-5-6-11(10(14)8-9)20-13(15)16/h5-6,8,13H,2-4,7H2,1H3,(H,17,18). The van der Waals surface area contributed by atoms with E-state index >= 15 is 0 Å². The average molecular weight is 291 g/mol. The highest BCUT2D eigenvalue weighted by molar-refractivity contribution is 5.90. The van der Waals surface area contributed by atoms with Crippen molar-refractivity contribution < 1.29 is 27.4 Å². The lowest BCUT2D eigenvalue weighted by atomic mass is 10.2. The molecular weight excluding hydrogens is 275 g/mol. The summed E-state index contributed by atoms with van der Waals surface area (Å²) in [6.45, 7) is -0.187. The van der Waals surface area contributed by atoms with Crippen LogP contribution in [0.1, 0.15) is 19.8 Å². The van der Waals surface area contributed by atoms with Gasteiger partial charge in [0.05, 0.1) is 0 Å². The lowest BCUT2D eigenvalue weighted by molar-refractivity contribution is -0.116. The summed E-state index contributed by atoms with van der Waals surface area (Å²) in [4.78, 5) is 11.5. The molecule has 20 heavy (non-hydrogen) atoms. The monoisotopic (exact) mass is 291 g/mol. The second-order valence-corrected chi connectivity index (χ2v) is 3.87. The number of carbonyl (C=O) groups excluding carboxylic acids is 1. The zero-order valence-electron chi connectivity index (χ0n) is 11.0. The minimum atomic E-state index is -3.09. The Hall–Kier alpha value is -1.76. The van der Waals surface area contributed by atoms with Gasteiger partial charge in [0.25, 0.3) is 0 Å². The van der Waals surface area contributed by atoms with Crippen LogP contribution in [0.15, 0.2) is 18.2 Å². The van der Waals surface area contributed by atoms with Crippen molar-refractivity contribution in [3.63, 3.8) is 0 Å². The van der Waals surface area contributed by atoms with Gasteiger partial charge in [-0.15, -0.1) is 0 Å². The summed E-state index contributed by atoms with van der Waals surface area (Å²) >= 11 is 0. The molecule has 1 aromatic rings. The zero-order chi connectivity index (χ0) is 15.0. The first kappa shape index (κ1) is 16.3. The molecule has 0 aliphatic carbocycles. The number of ether oxygens (including phenoxy) is 2. The largest absolute Gasteiger partial charge is 0.432 e. The highest BCUT2D eigenvalue weighted by Crippen LogP contribution is 2.22. The second kappa shape index (κ2) is 8.42. The van der Waals surface area contributed by atoms with Crippen molar-refractivity contribution in [2.75, 3.05) is 18.5 Å². The molecule has 7 heteroatoms. The first-order chi connectivity index (χ1) is 9.52. The van der Waals surface area contributed by atoms with E-state index in [0.717, 1.165) is 12.1 Å². The van der Waals surface area contributed by atoms with Gasteiger partial charge in [0, 0.05) is 31.4 Å². The fraction of sp³-hybridized carbons (Fsp3) is 0.462. The van der Waals surface area contributed by atoms with Crippen LogP contribution in [0.25, 0.3) is 0 Å². The third kappa shape index (κ3) is 5.92. The Bertz CT molecular complexity index is 441. The van der Waals surface area contributed by atoms with Crippen LogP contribution in [-0.2, 0) is 9.53 Å². The number of alkyl halides is 2. The fourth-order valence-corrected chi connectivity index (χ4v) is 1.47. The quantitative estimate of drug-likeness (QED) is 0.748. The Kier molecular flexibility index (Phi) is 6.86. The SMILES string of the molecule is CCOCCCC(=O)Nc1ccc(OC(F)F)c(F)c1. The predicted octanol–water partition coefficient (Wildman–Crippen LogP) is 3.18. The van der Waals surface area contributed by atoms with Crippen molar-refractivity contribution in [2.24, 2.45) is 0 Å². The molecule has 0 bridgehead atoms. The summed E-state index contributed by atoms with van der Waals surface area (Å²) in [6, 6.07) is 3.26. The van der Waals surface area contributed by atoms with Crippen LogP contribution in [0.4, 0.5) is 18.9 Å². The number of hydrogen-bond acceptors (Lipinski definition) is 3. The molecule has 1 aromatic carbocycles. The van der Waals surface area contributed by atoms with E-state index in [-0.39, 0.29) is 18.0 Å². The van der Waals surface area contributed by atoms with Gasteiger partial charge < -0.3 is 14.8 Å². The molecule has 0 aliphatic heterocycles. The molecule has 0 unspecified atom stereocenters. The molecule has 1 amide bonds. The molecule has 0 atom stereocenters. The maximum absolute atomic E-state index is 13.4. The molecule has 0 aliphatic rings. The van der Waals surface area contributed by atoms with E-state index in [2.05, 4.69) is 10.1 Å². The van der Waals surface area contributed by atoms with Crippen molar-refractivity contribution in [3.05, 3.63) is 24.0 Å². The number of rotatable bonds is 8. The van der Waals surface area contributed by atoms with E-state index in [1.807, 2.05) is 6.92 Å².